The molecule has 2 aromatic rings. The van der Waals surface area contributed by atoms with Crippen molar-refractivity contribution in [3.8, 4) is 0 Å². The van der Waals surface area contributed by atoms with Crippen LogP contribution in [0.15, 0.2) is 54.6 Å². The van der Waals surface area contributed by atoms with Gasteiger partial charge < -0.3 is 15.7 Å². The van der Waals surface area contributed by atoms with Gasteiger partial charge in [0.1, 0.15) is 0 Å². The number of aliphatic hydroxyl groups is 1. The summed E-state index contributed by atoms with van der Waals surface area (Å²) >= 11 is 5.74. The summed E-state index contributed by atoms with van der Waals surface area (Å²) < 4.78 is 39.9. The first-order valence-electron chi connectivity index (χ1n) is 7.33. The second-order valence-electron chi connectivity index (χ2n) is 5.39. The number of carbonyl (C=O) groups excluding carboxylic acids is 1. The third kappa shape index (κ3) is 4.87. The van der Waals surface area contributed by atoms with Crippen LogP contribution < -0.4 is 10.6 Å². The van der Waals surface area contributed by atoms with Crippen molar-refractivity contribution in [1.29, 1.82) is 0 Å². The maximum Gasteiger partial charge on any atom is 0.423 e. The molecule has 0 saturated heterocycles. The molecule has 0 aliphatic heterocycles. The topological polar surface area (TPSA) is 61.4 Å². The second-order valence-corrected chi connectivity index (χ2v) is 5.82. The second kappa shape index (κ2) is 7.76. The van der Waals surface area contributed by atoms with Gasteiger partial charge in [0.2, 0.25) is 5.60 Å². The normalized spacial score (nSPS) is 13.8. The molecule has 2 aromatic carbocycles. The molecule has 0 aliphatic rings. The van der Waals surface area contributed by atoms with E-state index in [-0.39, 0.29) is 12.1 Å². The minimum atomic E-state index is -4.95. The summed E-state index contributed by atoms with van der Waals surface area (Å²) in [5, 5.41) is 15.1. The van der Waals surface area contributed by atoms with E-state index in [9.17, 15) is 23.1 Å². The van der Waals surface area contributed by atoms with Gasteiger partial charge in [0.25, 0.3) is 0 Å². The number of hydrogen-bond donors (Lipinski definition) is 3. The highest BCUT2D eigenvalue weighted by Gasteiger charge is 2.55. The van der Waals surface area contributed by atoms with E-state index in [1.54, 1.807) is 24.3 Å². The molecule has 4 nitrogen and oxygen atoms in total. The fourth-order valence-corrected chi connectivity index (χ4v) is 2.26. The molecule has 8 heteroatoms. The third-order valence-corrected chi connectivity index (χ3v) is 3.84. The summed E-state index contributed by atoms with van der Waals surface area (Å²) in [6.07, 6.45) is -4.95. The molecule has 0 aliphatic carbocycles. The van der Waals surface area contributed by atoms with Crippen LogP contribution in [0, 0.1) is 0 Å². The van der Waals surface area contributed by atoms with E-state index in [4.69, 9.17) is 11.6 Å². The summed E-state index contributed by atoms with van der Waals surface area (Å²) in [6.45, 7) is -0.897. The molecule has 1 unspecified atom stereocenters. The molecule has 2 amide bonds. The Morgan fingerprint density at radius 3 is 2.16 bits per heavy atom. The monoisotopic (exact) mass is 372 g/mol. The Balaban J connectivity index is 1.98. The number of carbonyl (C=O) groups is 1. The zero-order chi connectivity index (χ0) is 18.5. The van der Waals surface area contributed by atoms with E-state index in [2.05, 4.69) is 10.6 Å². The van der Waals surface area contributed by atoms with Gasteiger partial charge >= 0.3 is 12.2 Å². The number of urea groups is 1. The van der Waals surface area contributed by atoms with Crippen LogP contribution in [-0.2, 0) is 12.1 Å². The van der Waals surface area contributed by atoms with Crippen molar-refractivity contribution in [3.05, 3.63) is 70.7 Å². The van der Waals surface area contributed by atoms with E-state index in [0.29, 0.717) is 5.02 Å². The minimum Gasteiger partial charge on any atom is -0.375 e. The van der Waals surface area contributed by atoms with E-state index in [1.165, 1.54) is 18.2 Å². The average molecular weight is 373 g/mol. The molecule has 1 atom stereocenters. The SMILES string of the molecule is O=C(NCc1ccc(Cl)cc1)NCC(O)(c1ccccc1)C(F)(F)F. The lowest BCUT2D eigenvalue weighted by molar-refractivity contribution is -0.263. The van der Waals surface area contributed by atoms with Crippen LogP contribution in [0.2, 0.25) is 5.02 Å². The van der Waals surface area contributed by atoms with Crippen LogP contribution in [-0.4, -0.2) is 23.9 Å². The van der Waals surface area contributed by atoms with Crippen LogP contribution in [0.1, 0.15) is 11.1 Å². The van der Waals surface area contributed by atoms with Gasteiger partial charge in [-0.3, -0.25) is 0 Å². The fourth-order valence-electron chi connectivity index (χ4n) is 2.14. The van der Waals surface area contributed by atoms with Crippen molar-refractivity contribution in [2.75, 3.05) is 6.54 Å². The quantitative estimate of drug-likeness (QED) is 0.751. The Bertz CT molecular complexity index is 708. The van der Waals surface area contributed by atoms with E-state index < -0.39 is 24.4 Å². The number of amides is 2. The maximum atomic E-state index is 13.3. The van der Waals surface area contributed by atoms with E-state index >= 15 is 0 Å². The highest BCUT2D eigenvalue weighted by Crippen LogP contribution is 2.38. The lowest BCUT2D eigenvalue weighted by Gasteiger charge is -2.31. The number of hydrogen-bond acceptors (Lipinski definition) is 2. The molecular formula is C17H16ClF3N2O2. The molecule has 134 valence electrons. The van der Waals surface area contributed by atoms with Crippen molar-refractivity contribution in [2.45, 2.75) is 18.3 Å². The maximum absolute atomic E-state index is 13.3. The van der Waals surface area contributed by atoms with E-state index in [1.807, 2.05) is 0 Å². The Hall–Kier alpha value is -2.25. The summed E-state index contributed by atoms with van der Waals surface area (Å²) in [5.41, 5.74) is -2.79. The van der Waals surface area contributed by atoms with Crippen molar-refractivity contribution in [1.82, 2.24) is 10.6 Å². The molecule has 0 radical (unpaired) electrons. The molecular weight excluding hydrogens is 357 g/mol. The zero-order valence-corrected chi connectivity index (χ0v) is 13.7. The molecule has 2 rings (SSSR count). The summed E-state index contributed by atoms with van der Waals surface area (Å²) in [4.78, 5) is 11.8. The molecule has 0 spiro atoms. The highest BCUT2D eigenvalue weighted by molar-refractivity contribution is 6.30. The molecule has 0 fully saturated rings. The largest absolute Gasteiger partial charge is 0.423 e. The molecule has 0 saturated carbocycles. The van der Waals surface area contributed by atoms with Crippen LogP contribution in [0.3, 0.4) is 0 Å². The van der Waals surface area contributed by atoms with Gasteiger partial charge in [-0.05, 0) is 23.3 Å². The summed E-state index contributed by atoms with van der Waals surface area (Å²) in [5.74, 6) is 0. The molecule has 0 heterocycles. The molecule has 3 N–H and O–H groups in total. The number of halogens is 4. The smallest absolute Gasteiger partial charge is 0.375 e. The Morgan fingerprint density at radius 2 is 1.60 bits per heavy atom. The van der Waals surface area contributed by atoms with Crippen LogP contribution in [0.25, 0.3) is 0 Å². The molecule has 0 bridgehead atoms. The number of benzene rings is 2. The highest BCUT2D eigenvalue weighted by atomic mass is 35.5. The van der Waals surface area contributed by atoms with Gasteiger partial charge in [0.05, 0.1) is 6.54 Å². The first-order chi connectivity index (χ1) is 11.7. The van der Waals surface area contributed by atoms with Gasteiger partial charge in [-0.1, -0.05) is 54.1 Å². The molecule has 25 heavy (non-hydrogen) atoms. The van der Waals surface area contributed by atoms with Crippen LogP contribution in [0.5, 0.6) is 0 Å². The van der Waals surface area contributed by atoms with Gasteiger partial charge in [0, 0.05) is 11.6 Å². The average Bonchev–Trinajstić information content (AvgIpc) is 2.59. The zero-order valence-electron chi connectivity index (χ0n) is 13.0. The van der Waals surface area contributed by atoms with Gasteiger partial charge in [-0.25, -0.2) is 4.79 Å². The standard InChI is InChI=1S/C17H16ClF3N2O2/c18-14-8-6-12(7-9-14)10-22-15(24)23-11-16(25,17(19,20)21)13-4-2-1-3-5-13/h1-9,25H,10-11H2,(H2,22,23,24). The van der Waals surface area contributed by atoms with Crippen LogP contribution in [0.4, 0.5) is 18.0 Å². The van der Waals surface area contributed by atoms with Crippen molar-refractivity contribution in [3.63, 3.8) is 0 Å². The van der Waals surface area contributed by atoms with Crippen molar-refractivity contribution in [2.24, 2.45) is 0 Å². The fraction of sp³-hybridized carbons (Fsp3) is 0.235. The van der Waals surface area contributed by atoms with E-state index in [0.717, 1.165) is 17.7 Å². The first-order valence-corrected chi connectivity index (χ1v) is 7.71. The Morgan fingerprint density at radius 1 is 1.00 bits per heavy atom. The summed E-state index contributed by atoms with van der Waals surface area (Å²) in [6, 6.07) is 12.4. The first kappa shape index (κ1) is 19.1. The van der Waals surface area contributed by atoms with Crippen molar-refractivity contribution >= 4 is 17.6 Å². The minimum absolute atomic E-state index is 0.110. The number of alkyl halides is 3. The lowest BCUT2D eigenvalue weighted by Crippen LogP contribution is -2.52. The van der Waals surface area contributed by atoms with Gasteiger partial charge in [-0.15, -0.1) is 0 Å². The Labute approximate surface area is 147 Å². The predicted octanol–water partition coefficient (Wildman–Crippen LogP) is 3.59. The van der Waals surface area contributed by atoms with Gasteiger partial charge in [0.15, 0.2) is 0 Å². The number of nitrogens with one attached hydrogen (secondary N) is 2. The van der Waals surface area contributed by atoms with Crippen LogP contribution >= 0.6 is 11.6 Å². The van der Waals surface area contributed by atoms with Crippen molar-refractivity contribution < 1.29 is 23.1 Å². The lowest BCUT2D eigenvalue weighted by atomic mass is 9.93. The predicted molar refractivity (Wildman–Crippen MR) is 88.1 cm³/mol. The van der Waals surface area contributed by atoms with Gasteiger partial charge in [-0.2, -0.15) is 13.2 Å². The third-order valence-electron chi connectivity index (χ3n) is 3.59. The molecule has 0 aromatic heterocycles. The summed E-state index contributed by atoms with van der Waals surface area (Å²) in [7, 11) is 0. The number of rotatable bonds is 5. The Kier molecular flexibility index (Phi) is 5.92.